The van der Waals surface area contributed by atoms with E-state index in [0.717, 1.165) is 17.4 Å². The topological polar surface area (TPSA) is 47.6 Å². The summed E-state index contributed by atoms with van der Waals surface area (Å²) in [5.41, 5.74) is 2.19. The van der Waals surface area contributed by atoms with Gasteiger partial charge in [0.05, 0.1) is 17.7 Å². The third-order valence-electron chi connectivity index (χ3n) is 6.68. The van der Waals surface area contributed by atoms with E-state index >= 15 is 0 Å². The molecule has 0 spiro atoms. The molecule has 2 nitrogen and oxygen atoms in total. The van der Waals surface area contributed by atoms with E-state index in [-0.39, 0.29) is 0 Å². The summed E-state index contributed by atoms with van der Waals surface area (Å²) in [7, 11) is 0. The minimum Gasteiger partial charge on any atom is -0.193 e. The van der Waals surface area contributed by atoms with Gasteiger partial charge < -0.3 is 0 Å². The first kappa shape index (κ1) is 18.7. The zero-order valence-electron chi connectivity index (χ0n) is 15.7. The molecule has 3 rings (SSSR count). The van der Waals surface area contributed by atoms with Crippen molar-refractivity contribution in [3.63, 3.8) is 0 Å². The summed E-state index contributed by atoms with van der Waals surface area (Å²) in [6.45, 7) is 0. The van der Waals surface area contributed by atoms with Crippen molar-refractivity contribution in [1.29, 1.82) is 10.5 Å². The first-order chi connectivity index (χ1) is 12.8. The molecule has 0 radical (unpaired) electrons. The first-order valence-electron chi connectivity index (χ1n) is 10.3. The van der Waals surface area contributed by atoms with Crippen LogP contribution in [0.25, 0.3) is 0 Å². The molecular formula is C24H30N2. The van der Waals surface area contributed by atoms with Crippen LogP contribution >= 0.6 is 0 Å². The van der Waals surface area contributed by atoms with Crippen LogP contribution in [-0.4, -0.2) is 0 Å². The van der Waals surface area contributed by atoms with E-state index in [1.165, 1.54) is 69.8 Å². The molecular weight excluding hydrogens is 316 g/mol. The minimum absolute atomic E-state index is 0.647. The molecule has 0 saturated heterocycles. The van der Waals surface area contributed by atoms with Crippen LogP contribution < -0.4 is 0 Å². The average Bonchev–Trinajstić information content (AvgIpc) is 2.72. The van der Waals surface area contributed by atoms with Crippen molar-refractivity contribution in [2.75, 3.05) is 0 Å². The van der Waals surface area contributed by atoms with E-state index in [2.05, 4.69) is 30.3 Å². The van der Waals surface area contributed by atoms with Crippen molar-refractivity contribution in [2.24, 2.45) is 17.8 Å². The minimum atomic E-state index is 0.647. The van der Waals surface area contributed by atoms with Gasteiger partial charge in [0.2, 0.25) is 0 Å². The number of nitrogens with zero attached hydrogens (tertiary/aromatic N) is 2. The molecule has 0 amide bonds. The molecule has 0 N–H and O–H groups in total. The fraction of sp³-hybridized carbons (Fsp3) is 0.583. The zero-order chi connectivity index (χ0) is 18.2. The Morgan fingerprint density at radius 1 is 0.808 bits per heavy atom. The molecule has 0 bridgehead atoms. The second-order valence-electron chi connectivity index (χ2n) is 8.30. The number of rotatable bonds is 5. The molecule has 2 aliphatic rings. The van der Waals surface area contributed by atoms with Gasteiger partial charge in [-0.1, -0.05) is 31.1 Å². The van der Waals surface area contributed by atoms with Gasteiger partial charge in [0.1, 0.15) is 0 Å². The van der Waals surface area contributed by atoms with Gasteiger partial charge in [-0.15, -0.1) is 0 Å². The van der Waals surface area contributed by atoms with Crippen LogP contribution in [0.3, 0.4) is 0 Å². The van der Waals surface area contributed by atoms with Gasteiger partial charge >= 0.3 is 0 Å². The fourth-order valence-corrected chi connectivity index (χ4v) is 4.93. The molecule has 0 aliphatic heterocycles. The second kappa shape index (κ2) is 9.59. The van der Waals surface area contributed by atoms with Gasteiger partial charge in [-0.3, -0.25) is 0 Å². The maximum absolute atomic E-state index is 8.93. The molecule has 1 aromatic rings. The number of allylic oxidation sites excluding steroid dienone is 2. The van der Waals surface area contributed by atoms with Crippen LogP contribution in [0.4, 0.5) is 0 Å². The van der Waals surface area contributed by atoms with Crippen LogP contribution in [0, 0.1) is 40.4 Å². The van der Waals surface area contributed by atoms with Crippen LogP contribution in [0.15, 0.2) is 36.4 Å². The van der Waals surface area contributed by atoms with E-state index in [9.17, 15) is 0 Å². The highest BCUT2D eigenvalue weighted by molar-refractivity contribution is 5.33. The zero-order valence-corrected chi connectivity index (χ0v) is 15.7. The number of nitriles is 2. The predicted molar refractivity (Wildman–Crippen MR) is 105 cm³/mol. The Labute approximate surface area is 158 Å². The molecule has 0 atom stereocenters. The van der Waals surface area contributed by atoms with Crippen LogP contribution in [0.1, 0.15) is 81.3 Å². The summed E-state index contributed by atoms with van der Waals surface area (Å²) < 4.78 is 0. The van der Waals surface area contributed by atoms with Gasteiger partial charge in [0.15, 0.2) is 0 Å². The van der Waals surface area contributed by atoms with Gasteiger partial charge in [-0.25, -0.2) is 0 Å². The normalized spacial score (nSPS) is 29.2. The maximum Gasteiger partial charge on any atom is 0.0991 e. The molecule has 0 aromatic heterocycles. The predicted octanol–water partition coefficient (Wildman–Crippen LogP) is 6.50. The van der Waals surface area contributed by atoms with E-state index in [4.69, 9.17) is 10.5 Å². The summed E-state index contributed by atoms with van der Waals surface area (Å²) in [6.07, 6.45) is 17.2. The van der Waals surface area contributed by atoms with E-state index in [1.807, 2.05) is 12.1 Å². The third-order valence-corrected chi connectivity index (χ3v) is 6.68. The molecule has 136 valence electrons. The standard InChI is InChI=1S/C24H30N2/c25-17-1-2-19-3-5-20(6-4-19)7-8-21-9-13-23(14-10-21)24-15-11-22(18-26)12-16-24/h1-2,11-12,15-16,19-21,23H,3-10,13-14H2/b2-1+. The fourth-order valence-electron chi connectivity index (χ4n) is 4.93. The summed E-state index contributed by atoms with van der Waals surface area (Å²) in [5.74, 6) is 3.17. The van der Waals surface area contributed by atoms with Gasteiger partial charge in [-0.05, 0) is 92.7 Å². The Kier molecular flexibility index (Phi) is 6.90. The lowest BCUT2D eigenvalue weighted by Crippen LogP contribution is -2.17. The lowest BCUT2D eigenvalue weighted by Gasteiger charge is -2.31. The van der Waals surface area contributed by atoms with Crippen LogP contribution in [-0.2, 0) is 0 Å². The van der Waals surface area contributed by atoms with Crippen molar-refractivity contribution in [1.82, 2.24) is 0 Å². The number of hydrogen-bond acceptors (Lipinski definition) is 2. The van der Waals surface area contributed by atoms with E-state index < -0.39 is 0 Å². The molecule has 2 fully saturated rings. The molecule has 2 aliphatic carbocycles. The molecule has 2 heteroatoms. The van der Waals surface area contributed by atoms with Crippen molar-refractivity contribution >= 4 is 0 Å². The molecule has 2 saturated carbocycles. The highest BCUT2D eigenvalue weighted by Gasteiger charge is 2.24. The maximum atomic E-state index is 8.93. The Hall–Kier alpha value is -2.06. The lowest BCUT2D eigenvalue weighted by molar-refractivity contribution is 0.246. The summed E-state index contributed by atoms with van der Waals surface area (Å²) in [6, 6.07) is 12.6. The Bertz CT molecular complexity index is 658. The van der Waals surface area contributed by atoms with Crippen LogP contribution in [0.5, 0.6) is 0 Å². The largest absolute Gasteiger partial charge is 0.193 e. The first-order valence-corrected chi connectivity index (χ1v) is 10.3. The molecule has 0 unspecified atom stereocenters. The molecule has 26 heavy (non-hydrogen) atoms. The molecule has 0 heterocycles. The highest BCUT2D eigenvalue weighted by Crippen LogP contribution is 2.39. The van der Waals surface area contributed by atoms with E-state index in [1.54, 1.807) is 6.08 Å². The number of hydrogen-bond donors (Lipinski definition) is 0. The van der Waals surface area contributed by atoms with Gasteiger partial charge in [-0.2, -0.15) is 10.5 Å². The highest BCUT2D eigenvalue weighted by atomic mass is 14.3. The monoisotopic (exact) mass is 346 g/mol. The Morgan fingerprint density at radius 3 is 1.92 bits per heavy atom. The summed E-state index contributed by atoms with van der Waals surface area (Å²) >= 11 is 0. The summed E-state index contributed by atoms with van der Waals surface area (Å²) in [5, 5.41) is 17.6. The Balaban J connectivity index is 1.36. The lowest BCUT2D eigenvalue weighted by atomic mass is 9.74. The quantitative estimate of drug-likeness (QED) is 0.571. The van der Waals surface area contributed by atoms with Crippen molar-refractivity contribution in [3.8, 4) is 12.1 Å². The summed E-state index contributed by atoms with van der Waals surface area (Å²) in [4.78, 5) is 0. The SMILES string of the molecule is N#C/C=C/C1CCC(CCC2CCC(c3ccc(C#N)cc3)CC2)CC1. The van der Waals surface area contributed by atoms with Crippen molar-refractivity contribution < 1.29 is 0 Å². The van der Waals surface area contributed by atoms with Crippen LogP contribution in [0.2, 0.25) is 0 Å². The van der Waals surface area contributed by atoms with Gasteiger partial charge in [0, 0.05) is 6.08 Å². The average molecular weight is 347 g/mol. The molecule has 1 aromatic carbocycles. The Morgan fingerprint density at radius 2 is 1.38 bits per heavy atom. The van der Waals surface area contributed by atoms with Crippen molar-refractivity contribution in [2.45, 2.75) is 70.1 Å². The van der Waals surface area contributed by atoms with E-state index in [0.29, 0.717) is 11.8 Å². The smallest absolute Gasteiger partial charge is 0.0991 e. The number of benzene rings is 1. The van der Waals surface area contributed by atoms with Gasteiger partial charge in [0.25, 0.3) is 0 Å². The second-order valence-corrected chi connectivity index (χ2v) is 8.30. The third kappa shape index (κ3) is 5.22. The van der Waals surface area contributed by atoms with Crippen molar-refractivity contribution in [3.05, 3.63) is 47.5 Å².